The summed E-state index contributed by atoms with van der Waals surface area (Å²) in [6, 6.07) is 2.09. The molecule has 1 N–H and O–H groups in total. The molecule has 2 rings (SSSR count). The van der Waals surface area contributed by atoms with Crippen molar-refractivity contribution >= 4 is 15.9 Å². The van der Waals surface area contributed by atoms with Crippen molar-refractivity contribution in [1.82, 2.24) is 4.98 Å². The molecule has 2 atom stereocenters. The number of halogens is 1. The molecule has 1 fully saturated rings. The van der Waals surface area contributed by atoms with E-state index in [1.807, 2.05) is 6.20 Å². The van der Waals surface area contributed by atoms with Crippen molar-refractivity contribution in [3.63, 3.8) is 0 Å². The maximum absolute atomic E-state index is 9.21. The van der Waals surface area contributed by atoms with Crippen LogP contribution >= 0.6 is 15.9 Å². The molecule has 1 aromatic heterocycles. The first-order valence-electron chi connectivity index (χ1n) is 4.78. The number of nitrogens with zero attached hydrogens (tertiary/aromatic N) is 1. The summed E-state index contributed by atoms with van der Waals surface area (Å²) in [6.07, 6.45) is 3.68. The van der Waals surface area contributed by atoms with Gasteiger partial charge < -0.3 is 5.11 Å². The van der Waals surface area contributed by atoms with Crippen molar-refractivity contribution in [2.45, 2.75) is 19.8 Å². The molecule has 2 nitrogen and oxygen atoms in total. The van der Waals surface area contributed by atoms with Crippen LogP contribution < -0.4 is 0 Å². The van der Waals surface area contributed by atoms with E-state index in [-0.39, 0.29) is 12.0 Å². The van der Waals surface area contributed by atoms with Crippen molar-refractivity contribution < 1.29 is 5.11 Å². The molecule has 0 spiro atoms. The maximum atomic E-state index is 9.21. The van der Waals surface area contributed by atoms with E-state index in [4.69, 9.17) is 0 Å². The Bertz CT molecular complexity index is 351. The molecule has 0 aromatic carbocycles. The van der Waals surface area contributed by atoms with E-state index in [9.17, 15) is 5.11 Å². The van der Waals surface area contributed by atoms with Crippen molar-refractivity contribution in [3.05, 3.63) is 28.5 Å². The molecule has 14 heavy (non-hydrogen) atoms. The predicted molar refractivity (Wildman–Crippen MR) is 59.0 cm³/mol. The fraction of sp³-hybridized carbons (Fsp3) is 0.545. The van der Waals surface area contributed by atoms with Crippen LogP contribution in [0.25, 0.3) is 0 Å². The summed E-state index contributed by atoms with van der Waals surface area (Å²) < 4.78 is 1.01. The normalized spacial score (nSPS) is 28.9. The van der Waals surface area contributed by atoms with Gasteiger partial charge in [0.1, 0.15) is 0 Å². The minimum absolute atomic E-state index is 0.219. The molecule has 0 bridgehead atoms. The van der Waals surface area contributed by atoms with Crippen LogP contribution in [0.2, 0.25) is 0 Å². The number of aliphatic hydroxyl groups excluding tert-OH is 1. The fourth-order valence-corrected chi connectivity index (χ4v) is 2.73. The molecule has 3 heteroatoms. The van der Waals surface area contributed by atoms with Gasteiger partial charge >= 0.3 is 0 Å². The molecule has 0 aliphatic heterocycles. The standard InChI is InChI=1S/C11H14BrNO/c1-11(2)9(6-14)10(11)7-3-8(12)5-13-4-7/h3-5,9-10,14H,6H2,1-2H3. The molecule has 1 aromatic rings. The predicted octanol–water partition coefficient (Wildman–Crippen LogP) is 2.58. The lowest BCUT2D eigenvalue weighted by molar-refractivity contribution is 0.256. The van der Waals surface area contributed by atoms with Gasteiger partial charge in [0.05, 0.1) is 0 Å². The maximum Gasteiger partial charge on any atom is 0.0470 e. The number of aromatic nitrogens is 1. The van der Waals surface area contributed by atoms with E-state index in [1.165, 1.54) is 5.56 Å². The third-order valence-corrected chi connectivity index (χ3v) is 3.77. The molecule has 0 radical (unpaired) electrons. The monoisotopic (exact) mass is 255 g/mol. The first kappa shape index (κ1) is 10.1. The minimum atomic E-state index is 0.219. The average molecular weight is 256 g/mol. The second-order valence-electron chi connectivity index (χ2n) is 4.52. The van der Waals surface area contributed by atoms with Gasteiger partial charge in [0.25, 0.3) is 0 Å². The lowest BCUT2D eigenvalue weighted by Crippen LogP contribution is -1.93. The molecule has 76 valence electrons. The van der Waals surface area contributed by atoms with E-state index in [0.717, 1.165) is 4.47 Å². The van der Waals surface area contributed by atoms with Crippen LogP contribution in [-0.2, 0) is 0 Å². The van der Waals surface area contributed by atoms with Crippen LogP contribution in [0, 0.1) is 11.3 Å². The summed E-state index contributed by atoms with van der Waals surface area (Å²) in [5.41, 5.74) is 1.44. The van der Waals surface area contributed by atoms with Gasteiger partial charge in [-0.15, -0.1) is 0 Å². The highest BCUT2D eigenvalue weighted by Crippen LogP contribution is 2.63. The van der Waals surface area contributed by atoms with Crippen molar-refractivity contribution in [3.8, 4) is 0 Å². The Morgan fingerprint density at radius 3 is 2.71 bits per heavy atom. The van der Waals surface area contributed by atoms with Crippen LogP contribution in [0.3, 0.4) is 0 Å². The summed E-state index contributed by atoms with van der Waals surface area (Å²) in [5.74, 6) is 0.844. The Hall–Kier alpha value is -0.410. The lowest BCUT2D eigenvalue weighted by Gasteiger charge is -2.02. The summed E-state index contributed by atoms with van der Waals surface area (Å²) in [7, 11) is 0. The van der Waals surface area contributed by atoms with Crippen molar-refractivity contribution in [2.75, 3.05) is 6.61 Å². The molecule has 1 aliphatic rings. The molecule has 1 heterocycles. The van der Waals surface area contributed by atoms with E-state index >= 15 is 0 Å². The number of aliphatic hydroxyl groups is 1. The van der Waals surface area contributed by atoms with Crippen LogP contribution in [-0.4, -0.2) is 16.7 Å². The quantitative estimate of drug-likeness (QED) is 0.882. The van der Waals surface area contributed by atoms with Gasteiger partial charge in [-0.1, -0.05) is 13.8 Å². The number of pyridine rings is 1. The molecule has 1 aliphatic carbocycles. The average Bonchev–Trinajstić information content (AvgIpc) is 2.68. The van der Waals surface area contributed by atoms with Gasteiger partial charge in [-0.3, -0.25) is 4.98 Å². The summed E-state index contributed by atoms with van der Waals surface area (Å²) in [4.78, 5) is 4.15. The van der Waals surface area contributed by atoms with Crippen LogP contribution in [0.4, 0.5) is 0 Å². The van der Waals surface area contributed by atoms with Crippen LogP contribution in [0.1, 0.15) is 25.3 Å². The van der Waals surface area contributed by atoms with Gasteiger partial charge in [0.2, 0.25) is 0 Å². The highest BCUT2D eigenvalue weighted by Gasteiger charge is 2.57. The molecule has 1 saturated carbocycles. The Kier molecular flexibility index (Phi) is 2.40. The van der Waals surface area contributed by atoms with Gasteiger partial charge in [-0.25, -0.2) is 0 Å². The lowest BCUT2D eigenvalue weighted by atomic mass is 10.1. The van der Waals surface area contributed by atoms with E-state index in [1.54, 1.807) is 6.20 Å². The molecular weight excluding hydrogens is 242 g/mol. The second kappa shape index (κ2) is 3.31. The highest BCUT2D eigenvalue weighted by molar-refractivity contribution is 9.10. The third-order valence-electron chi connectivity index (χ3n) is 3.33. The van der Waals surface area contributed by atoms with E-state index in [0.29, 0.717) is 11.8 Å². The van der Waals surface area contributed by atoms with Crippen molar-refractivity contribution in [1.29, 1.82) is 0 Å². The Labute approximate surface area is 92.5 Å². The summed E-state index contributed by atoms with van der Waals surface area (Å²) in [5, 5.41) is 9.21. The molecule has 0 amide bonds. The zero-order chi connectivity index (χ0) is 10.3. The minimum Gasteiger partial charge on any atom is -0.396 e. The second-order valence-corrected chi connectivity index (χ2v) is 5.44. The smallest absolute Gasteiger partial charge is 0.0470 e. The first-order chi connectivity index (χ1) is 6.57. The SMILES string of the molecule is CC1(C)C(CO)C1c1cncc(Br)c1. The Morgan fingerprint density at radius 1 is 1.50 bits per heavy atom. The number of hydrogen-bond donors (Lipinski definition) is 1. The highest BCUT2D eigenvalue weighted by atomic mass is 79.9. The van der Waals surface area contributed by atoms with E-state index < -0.39 is 0 Å². The molecular formula is C11H14BrNO. The zero-order valence-corrected chi connectivity index (χ0v) is 9.95. The van der Waals surface area contributed by atoms with E-state index in [2.05, 4.69) is 40.8 Å². The number of rotatable bonds is 2. The summed E-state index contributed by atoms with van der Waals surface area (Å²) in [6.45, 7) is 4.66. The van der Waals surface area contributed by atoms with Crippen molar-refractivity contribution in [2.24, 2.45) is 11.3 Å². The van der Waals surface area contributed by atoms with Gasteiger partial charge in [0, 0.05) is 23.5 Å². The molecule has 2 unspecified atom stereocenters. The third kappa shape index (κ3) is 1.48. The largest absolute Gasteiger partial charge is 0.396 e. The fourth-order valence-electron chi connectivity index (χ4n) is 2.35. The van der Waals surface area contributed by atoms with Crippen LogP contribution in [0.5, 0.6) is 0 Å². The van der Waals surface area contributed by atoms with Gasteiger partial charge in [-0.05, 0) is 44.8 Å². The topological polar surface area (TPSA) is 33.1 Å². The number of hydrogen-bond acceptors (Lipinski definition) is 2. The Morgan fingerprint density at radius 2 is 2.21 bits per heavy atom. The first-order valence-corrected chi connectivity index (χ1v) is 5.58. The van der Waals surface area contributed by atoms with Gasteiger partial charge in [0.15, 0.2) is 0 Å². The van der Waals surface area contributed by atoms with Crippen LogP contribution in [0.15, 0.2) is 22.9 Å². The zero-order valence-electron chi connectivity index (χ0n) is 8.37. The van der Waals surface area contributed by atoms with Gasteiger partial charge in [-0.2, -0.15) is 0 Å². The summed E-state index contributed by atoms with van der Waals surface area (Å²) >= 11 is 3.41. The Balaban J connectivity index is 2.26. The molecule has 0 saturated heterocycles.